The Kier molecular flexibility index (Phi) is 9.25. The van der Waals surface area contributed by atoms with E-state index in [1.54, 1.807) is 57.7 Å². The molecule has 2 atom stereocenters. The normalized spacial score (nSPS) is 19.6. The lowest BCUT2D eigenvalue weighted by molar-refractivity contribution is -0.126. The van der Waals surface area contributed by atoms with E-state index in [4.69, 9.17) is 21.1 Å². The average Bonchev–Trinajstić information content (AvgIpc) is 3.35. The largest absolute Gasteiger partial charge is 0.497 e. The first-order valence-corrected chi connectivity index (χ1v) is 14.5. The van der Waals surface area contributed by atoms with Gasteiger partial charge in [0.05, 0.1) is 42.8 Å². The molecule has 1 aliphatic heterocycles. The van der Waals surface area contributed by atoms with Crippen molar-refractivity contribution in [1.82, 2.24) is 20.2 Å². The number of fused-ring (bicyclic) bond motifs is 1. The molecule has 1 aromatic heterocycles. The summed E-state index contributed by atoms with van der Waals surface area (Å²) in [5.74, 6) is 0.487. The lowest BCUT2D eigenvalue weighted by Crippen LogP contribution is -2.46. The third-order valence-electron chi connectivity index (χ3n) is 8.14. The number of methoxy groups -OCH3 is 2. The molecule has 11 heteroatoms. The van der Waals surface area contributed by atoms with Crippen LogP contribution in [0.4, 0.5) is 5.95 Å². The second-order valence-corrected chi connectivity index (χ2v) is 11.2. The smallest absolute Gasteiger partial charge is 0.255 e. The van der Waals surface area contributed by atoms with Gasteiger partial charge in [-0.1, -0.05) is 35.9 Å². The quantitative estimate of drug-likeness (QED) is 0.316. The molecule has 0 radical (unpaired) electrons. The molecule has 0 spiro atoms. The summed E-state index contributed by atoms with van der Waals surface area (Å²) in [5, 5.41) is 16.6. The maximum atomic E-state index is 13.5. The van der Waals surface area contributed by atoms with Crippen LogP contribution in [0.25, 0.3) is 11.3 Å². The molecule has 10 nitrogen and oxygen atoms in total. The van der Waals surface area contributed by atoms with Gasteiger partial charge in [-0.25, -0.2) is 9.97 Å². The van der Waals surface area contributed by atoms with Gasteiger partial charge >= 0.3 is 0 Å². The number of anilines is 1. The highest BCUT2D eigenvalue weighted by atomic mass is 35.5. The van der Waals surface area contributed by atoms with Gasteiger partial charge in [0, 0.05) is 30.8 Å². The van der Waals surface area contributed by atoms with Gasteiger partial charge in [0.25, 0.3) is 5.91 Å². The monoisotopic (exact) mass is 593 g/mol. The summed E-state index contributed by atoms with van der Waals surface area (Å²) >= 11 is 6.51. The number of nitrogens with one attached hydrogen (secondary N) is 2. The summed E-state index contributed by atoms with van der Waals surface area (Å²) < 4.78 is 10.7. The van der Waals surface area contributed by atoms with Crippen molar-refractivity contribution in [3.8, 4) is 17.0 Å². The molecule has 0 bridgehead atoms. The number of hydrogen-bond donors (Lipinski definition) is 3. The van der Waals surface area contributed by atoms with Crippen molar-refractivity contribution in [1.29, 1.82) is 0 Å². The van der Waals surface area contributed by atoms with E-state index >= 15 is 0 Å². The Bertz CT molecular complexity index is 1440. The zero-order valence-electron chi connectivity index (χ0n) is 24.0. The SMILES string of the molecule is COc1cccc(C(CO)NC(=O)C(C)N2Cc3ccc(-c4nc(NC5CCC(OC)CC5)ncc4Cl)cc3C2=O)c1. The van der Waals surface area contributed by atoms with E-state index in [9.17, 15) is 14.7 Å². The van der Waals surface area contributed by atoms with Gasteiger partial charge in [0.2, 0.25) is 11.9 Å². The van der Waals surface area contributed by atoms with E-state index in [-0.39, 0.29) is 24.5 Å². The Hall–Kier alpha value is -3.73. The summed E-state index contributed by atoms with van der Waals surface area (Å²) in [7, 11) is 3.30. The summed E-state index contributed by atoms with van der Waals surface area (Å²) in [5.41, 5.74) is 3.24. The summed E-state index contributed by atoms with van der Waals surface area (Å²) in [6, 6.07) is 11.5. The first-order valence-electron chi connectivity index (χ1n) is 14.1. The predicted molar refractivity (Wildman–Crippen MR) is 159 cm³/mol. The van der Waals surface area contributed by atoms with Crippen LogP contribution in [0.5, 0.6) is 5.75 Å². The molecule has 2 unspecified atom stereocenters. The minimum absolute atomic E-state index is 0.252. The molecule has 222 valence electrons. The van der Waals surface area contributed by atoms with Crippen molar-refractivity contribution >= 4 is 29.4 Å². The molecule has 1 saturated carbocycles. The number of rotatable bonds is 10. The third-order valence-corrected chi connectivity index (χ3v) is 8.42. The van der Waals surface area contributed by atoms with Crippen LogP contribution in [0.1, 0.15) is 60.1 Å². The molecular formula is C31H36ClN5O5. The molecule has 2 amide bonds. The minimum atomic E-state index is -0.764. The zero-order valence-corrected chi connectivity index (χ0v) is 24.7. The molecule has 5 rings (SSSR count). The molecule has 2 aromatic carbocycles. The van der Waals surface area contributed by atoms with Crippen LogP contribution >= 0.6 is 11.6 Å². The molecule has 3 N–H and O–H groups in total. The fourth-order valence-electron chi connectivity index (χ4n) is 5.57. The standard InChI is InChI=1S/C31H36ClN5O5/c1-18(29(39)35-27(17-38)19-5-4-6-24(13-19)42-3)37-16-21-8-7-20(14-25(21)30(37)40)28-26(32)15-33-31(36-28)34-22-9-11-23(41-2)12-10-22/h4-8,13-15,18,22-23,27,38H,9-12,16-17H2,1-3H3,(H,35,39)(H,33,34,36). The van der Waals surface area contributed by atoms with Gasteiger partial charge in [-0.05, 0) is 61.9 Å². The van der Waals surface area contributed by atoms with Crippen LogP contribution < -0.4 is 15.4 Å². The van der Waals surface area contributed by atoms with Gasteiger partial charge in [0.1, 0.15) is 11.8 Å². The van der Waals surface area contributed by atoms with Gasteiger partial charge in [-0.3, -0.25) is 9.59 Å². The minimum Gasteiger partial charge on any atom is -0.497 e. The number of aromatic nitrogens is 2. The maximum Gasteiger partial charge on any atom is 0.255 e. The van der Waals surface area contributed by atoms with Crippen molar-refractivity contribution in [3.05, 3.63) is 70.4 Å². The van der Waals surface area contributed by atoms with Crippen molar-refractivity contribution in [3.63, 3.8) is 0 Å². The van der Waals surface area contributed by atoms with Crippen LogP contribution in [0.3, 0.4) is 0 Å². The predicted octanol–water partition coefficient (Wildman–Crippen LogP) is 4.37. The lowest BCUT2D eigenvalue weighted by atomic mass is 9.93. The number of ether oxygens (including phenoxy) is 2. The fourth-order valence-corrected chi connectivity index (χ4v) is 5.77. The number of aliphatic hydroxyl groups excluding tert-OH is 1. The van der Waals surface area contributed by atoms with Crippen LogP contribution in [0.15, 0.2) is 48.7 Å². The van der Waals surface area contributed by atoms with Crippen molar-refractivity contribution in [2.45, 2.75) is 63.4 Å². The second-order valence-electron chi connectivity index (χ2n) is 10.7. The second kappa shape index (κ2) is 13.1. The molecule has 2 heterocycles. The highest BCUT2D eigenvalue weighted by Crippen LogP contribution is 2.33. The van der Waals surface area contributed by atoms with Crippen LogP contribution in [-0.2, 0) is 16.1 Å². The number of carbonyl (C=O) groups is 2. The van der Waals surface area contributed by atoms with E-state index in [0.717, 1.165) is 31.2 Å². The van der Waals surface area contributed by atoms with E-state index in [1.807, 2.05) is 12.1 Å². The zero-order chi connectivity index (χ0) is 29.8. The Morgan fingerprint density at radius 3 is 2.67 bits per heavy atom. The Labute approximate surface area is 250 Å². The Morgan fingerprint density at radius 1 is 1.17 bits per heavy atom. The van der Waals surface area contributed by atoms with Crippen molar-refractivity contribution in [2.75, 3.05) is 26.1 Å². The molecule has 0 saturated heterocycles. The first kappa shape index (κ1) is 29.8. The maximum absolute atomic E-state index is 13.5. The molecule has 1 aliphatic carbocycles. The summed E-state index contributed by atoms with van der Waals surface area (Å²) in [6.45, 7) is 1.67. The molecule has 42 heavy (non-hydrogen) atoms. The number of nitrogens with zero attached hydrogens (tertiary/aromatic N) is 3. The fraction of sp³-hybridized carbons (Fsp3) is 0.419. The van der Waals surface area contributed by atoms with Gasteiger partial charge in [-0.2, -0.15) is 0 Å². The highest BCUT2D eigenvalue weighted by molar-refractivity contribution is 6.33. The number of halogens is 1. The summed E-state index contributed by atoms with van der Waals surface area (Å²) in [6.07, 6.45) is 5.76. The number of amides is 2. The highest BCUT2D eigenvalue weighted by Gasteiger charge is 2.35. The van der Waals surface area contributed by atoms with E-state index < -0.39 is 12.1 Å². The Balaban J connectivity index is 1.28. The molecule has 2 aliphatic rings. The number of aliphatic hydroxyl groups is 1. The van der Waals surface area contributed by atoms with Crippen LogP contribution in [-0.4, -0.2) is 70.8 Å². The Morgan fingerprint density at radius 2 is 1.95 bits per heavy atom. The molecule has 1 fully saturated rings. The van der Waals surface area contributed by atoms with E-state index in [2.05, 4.69) is 20.6 Å². The van der Waals surface area contributed by atoms with E-state index in [0.29, 0.717) is 51.8 Å². The van der Waals surface area contributed by atoms with E-state index in [1.165, 1.54) is 4.90 Å². The van der Waals surface area contributed by atoms with Gasteiger partial charge in [0.15, 0.2) is 0 Å². The third kappa shape index (κ3) is 6.35. The number of benzene rings is 2. The lowest BCUT2D eigenvalue weighted by Gasteiger charge is -2.28. The molecular weight excluding hydrogens is 558 g/mol. The van der Waals surface area contributed by atoms with Gasteiger partial charge in [-0.15, -0.1) is 0 Å². The topological polar surface area (TPSA) is 126 Å². The summed E-state index contributed by atoms with van der Waals surface area (Å²) in [4.78, 5) is 37.3. The van der Waals surface area contributed by atoms with Crippen LogP contribution in [0, 0.1) is 0 Å². The average molecular weight is 594 g/mol. The molecule has 3 aromatic rings. The number of carbonyl (C=O) groups excluding carboxylic acids is 2. The van der Waals surface area contributed by atoms with Crippen LogP contribution in [0.2, 0.25) is 5.02 Å². The van der Waals surface area contributed by atoms with Crippen molar-refractivity contribution in [2.24, 2.45) is 0 Å². The van der Waals surface area contributed by atoms with Crippen molar-refractivity contribution < 1.29 is 24.2 Å². The van der Waals surface area contributed by atoms with Gasteiger partial charge < -0.3 is 30.1 Å². The first-order chi connectivity index (χ1) is 20.3. The number of hydrogen-bond acceptors (Lipinski definition) is 8.